The summed E-state index contributed by atoms with van der Waals surface area (Å²) < 4.78 is 5.40. The first-order valence-corrected chi connectivity index (χ1v) is 11.5. The molecule has 0 aliphatic carbocycles. The normalized spacial score (nSPS) is 17.1. The molecule has 2 fully saturated rings. The van der Waals surface area contributed by atoms with Gasteiger partial charge in [0.25, 0.3) is 5.91 Å². The van der Waals surface area contributed by atoms with Crippen molar-refractivity contribution in [3.05, 3.63) is 52.7 Å². The Morgan fingerprint density at radius 3 is 2.72 bits per heavy atom. The average Bonchev–Trinajstić information content (AvgIpc) is 3.56. The van der Waals surface area contributed by atoms with Gasteiger partial charge in [-0.05, 0) is 42.1 Å². The number of carbonyl (C=O) groups excluding carboxylic acids is 2. The van der Waals surface area contributed by atoms with E-state index in [2.05, 4.69) is 20.4 Å². The van der Waals surface area contributed by atoms with E-state index in [4.69, 9.17) is 4.52 Å². The summed E-state index contributed by atoms with van der Waals surface area (Å²) >= 11 is 1.58. The molecule has 1 aromatic carbocycles. The van der Waals surface area contributed by atoms with Crippen LogP contribution in [0.15, 0.2) is 40.2 Å². The molecule has 3 amide bonds. The lowest BCUT2D eigenvalue weighted by atomic mass is 10.1. The van der Waals surface area contributed by atoms with Crippen LogP contribution in [0.25, 0.3) is 10.7 Å². The Morgan fingerprint density at radius 1 is 1.19 bits per heavy atom. The minimum absolute atomic E-state index is 0.0166. The van der Waals surface area contributed by atoms with Crippen LogP contribution in [-0.4, -0.2) is 71.1 Å². The molecule has 9 nitrogen and oxygen atoms in total. The van der Waals surface area contributed by atoms with Gasteiger partial charge in [-0.25, -0.2) is 4.79 Å². The van der Waals surface area contributed by atoms with Crippen molar-refractivity contribution < 1.29 is 14.1 Å². The van der Waals surface area contributed by atoms with Gasteiger partial charge in [-0.2, -0.15) is 4.98 Å². The maximum Gasteiger partial charge on any atom is 0.322 e. The maximum atomic E-state index is 13.0. The van der Waals surface area contributed by atoms with Gasteiger partial charge in [0.2, 0.25) is 11.7 Å². The quantitative estimate of drug-likeness (QED) is 0.640. The zero-order valence-corrected chi connectivity index (χ0v) is 18.6. The summed E-state index contributed by atoms with van der Waals surface area (Å²) in [5.74, 6) is 1.22. The highest BCUT2D eigenvalue weighted by atomic mass is 32.1. The number of carbonyl (C=O) groups is 2. The minimum atomic E-state index is -0.0907. The number of piperazine rings is 1. The van der Waals surface area contributed by atoms with Gasteiger partial charge in [-0.3, -0.25) is 14.6 Å². The van der Waals surface area contributed by atoms with Crippen molar-refractivity contribution in [1.29, 1.82) is 0 Å². The average molecular weight is 453 g/mol. The number of urea groups is 1. The van der Waals surface area contributed by atoms with E-state index in [1.807, 2.05) is 47.5 Å². The molecule has 4 heterocycles. The van der Waals surface area contributed by atoms with Crippen molar-refractivity contribution in [2.75, 3.05) is 44.2 Å². The van der Waals surface area contributed by atoms with Gasteiger partial charge in [0.15, 0.2) is 0 Å². The summed E-state index contributed by atoms with van der Waals surface area (Å²) in [5, 5.41) is 8.85. The predicted octanol–water partition coefficient (Wildman–Crippen LogP) is 2.59. The lowest BCUT2D eigenvalue weighted by molar-refractivity contribution is 0.0615. The Hall–Kier alpha value is -3.24. The monoisotopic (exact) mass is 452 g/mol. The molecule has 2 aliphatic heterocycles. The SMILES string of the molecule is Cc1cc(C(=O)N2CCN(Cc3nc(-c4cccs4)no3)CC2)ccc1N1CCNC1=O. The largest absolute Gasteiger partial charge is 0.338 e. The molecule has 10 heteroatoms. The zero-order valence-electron chi connectivity index (χ0n) is 17.8. The molecule has 32 heavy (non-hydrogen) atoms. The topological polar surface area (TPSA) is 94.8 Å². The number of nitrogens with one attached hydrogen (secondary N) is 1. The molecule has 2 aliphatic rings. The van der Waals surface area contributed by atoms with Gasteiger partial charge in [-0.15, -0.1) is 11.3 Å². The third-order valence-electron chi connectivity index (χ3n) is 5.82. The van der Waals surface area contributed by atoms with Gasteiger partial charge in [-0.1, -0.05) is 11.2 Å². The van der Waals surface area contributed by atoms with E-state index >= 15 is 0 Å². The molecular formula is C22H24N6O3S. The Labute approximate surface area is 189 Å². The summed E-state index contributed by atoms with van der Waals surface area (Å²) in [7, 11) is 0. The highest BCUT2D eigenvalue weighted by Gasteiger charge is 2.26. The van der Waals surface area contributed by atoms with Crippen LogP contribution in [0.2, 0.25) is 0 Å². The van der Waals surface area contributed by atoms with E-state index in [-0.39, 0.29) is 11.9 Å². The number of hydrogen-bond donors (Lipinski definition) is 1. The van der Waals surface area contributed by atoms with E-state index in [9.17, 15) is 9.59 Å². The summed E-state index contributed by atoms with van der Waals surface area (Å²) in [5.41, 5.74) is 2.42. The highest BCUT2D eigenvalue weighted by molar-refractivity contribution is 7.13. The van der Waals surface area contributed by atoms with E-state index in [1.165, 1.54) is 0 Å². The summed E-state index contributed by atoms with van der Waals surface area (Å²) in [6.45, 7) is 6.56. The van der Waals surface area contributed by atoms with E-state index in [1.54, 1.807) is 16.2 Å². The van der Waals surface area contributed by atoms with Crippen molar-refractivity contribution >= 4 is 29.0 Å². The second-order valence-electron chi connectivity index (χ2n) is 7.94. The molecule has 0 bridgehead atoms. The van der Waals surface area contributed by atoms with Crippen LogP contribution in [0.1, 0.15) is 21.8 Å². The number of thiophene rings is 1. The predicted molar refractivity (Wildman–Crippen MR) is 121 cm³/mol. The van der Waals surface area contributed by atoms with Crippen LogP contribution in [0.5, 0.6) is 0 Å². The van der Waals surface area contributed by atoms with E-state index in [0.29, 0.717) is 50.0 Å². The number of anilines is 1. The number of aromatic nitrogens is 2. The van der Waals surface area contributed by atoms with Crippen LogP contribution >= 0.6 is 11.3 Å². The van der Waals surface area contributed by atoms with Gasteiger partial charge in [0.1, 0.15) is 0 Å². The standard InChI is InChI=1S/C22H24N6O3S/c1-15-13-16(4-5-17(15)28-7-6-23-22(28)30)21(29)27-10-8-26(9-11-27)14-19-24-20(25-31-19)18-3-2-12-32-18/h2-5,12-13H,6-11,14H2,1H3,(H,23,30). The van der Waals surface area contributed by atoms with Crippen molar-refractivity contribution in [2.45, 2.75) is 13.5 Å². The Bertz CT molecular complexity index is 1120. The van der Waals surface area contributed by atoms with E-state index < -0.39 is 0 Å². The molecule has 2 aromatic heterocycles. The molecule has 0 unspecified atom stereocenters. The molecule has 1 N–H and O–H groups in total. The second kappa shape index (κ2) is 8.71. The third kappa shape index (κ3) is 4.11. The number of rotatable bonds is 5. The summed E-state index contributed by atoms with van der Waals surface area (Å²) in [6, 6.07) is 9.40. The molecule has 0 spiro atoms. The molecule has 2 saturated heterocycles. The summed E-state index contributed by atoms with van der Waals surface area (Å²) in [4.78, 5) is 36.2. The Kier molecular flexibility index (Phi) is 5.62. The van der Waals surface area contributed by atoms with Gasteiger partial charge in [0, 0.05) is 50.5 Å². The number of benzene rings is 1. The number of hydrogen-bond acceptors (Lipinski definition) is 7. The van der Waals surface area contributed by atoms with E-state index in [0.717, 1.165) is 29.2 Å². The Morgan fingerprint density at radius 2 is 2.03 bits per heavy atom. The van der Waals surface area contributed by atoms with Crippen molar-refractivity contribution in [2.24, 2.45) is 0 Å². The van der Waals surface area contributed by atoms with Crippen LogP contribution in [0, 0.1) is 6.92 Å². The third-order valence-corrected chi connectivity index (χ3v) is 6.69. The number of amides is 3. The first-order valence-electron chi connectivity index (χ1n) is 10.6. The first-order chi connectivity index (χ1) is 15.6. The summed E-state index contributed by atoms with van der Waals surface area (Å²) in [6.07, 6.45) is 0. The molecule has 0 saturated carbocycles. The number of nitrogens with zero attached hydrogens (tertiary/aromatic N) is 5. The smallest absolute Gasteiger partial charge is 0.322 e. The molecule has 0 radical (unpaired) electrons. The molecular weight excluding hydrogens is 428 g/mol. The second-order valence-corrected chi connectivity index (χ2v) is 8.89. The molecule has 166 valence electrons. The Balaban J connectivity index is 1.18. The van der Waals surface area contributed by atoms with Crippen LogP contribution in [0.3, 0.4) is 0 Å². The number of aryl methyl sites for hydroxylation is 1. The van der Waals surface area contributed by atoms with Crippen molar-refractivity contribution in [1.82, 2.24) is 25.3 Å². The fourth-order valence-corrected chi connectivity index (χ4v) is 4.75. The zero-order chi connectivity index (χ0) is 22.1. The molecule has 5 rings (SSSR count). The maximum absolute atomic E-state index is 13.0. The van der Waals surface area contributed by atoms with Gasteiger partial charge < -0.3 is 14.7 Å². The minimum Gasteiger partial charge on any atom is -0.338 e. The first kappa shape index (κ1) is 20.7. The van der Waals surface area contributed by atoms with Crippen LogP contribution in [-0.2, 0) is 6.54 Å². The lowest BCUT2D eigenvalue weighted by Crippen LogP contribution is -2.48. The van der Waals surface area contributed by atoms with Crippen molar-refractivity contribution in [3.63, 3.8) is 0 Å². The fraction of sp³-hybridized carbons (Fsp3) is 0.364. The van der Waals surface area contributed by atoms with Crippen LogP contribution in [0.4, 0.5) is 10.5 Å². The molecule has 3 aromatic rings. The van der Waals surface area contributed by atoms with Gasteiger partial charge in [0.05, 0.1) is 11.4 Å². The lowest BCUT2D eigenvalue weighted by Gasteiger charge is -2.34. The van der Waals surface area contributed by atoms with Crippen LogP contribution < -0.4 is 10.2 Å². The van der Waals surface area contributed by atoms with Gasteiger partial charge >= 0.3 is 6.03 Å². The fourth-order valence-electron chi connectivity index (χ4n) is 4.10. The molecule has 0 atom stereocenters. The van der Waals surface area contributed by atoms with Crippen molar-refractivity contribution in [3.8, 4) is 10.7 Å². The highest BCUT2D eigenvalue weighted by Crippen LogP contribution is 2.24.